The van der Waals surface area contributed by atoms with Crippen LogP contribution < -0.4 is 5.56 Å². The number of aromatic nitrogens is 2. The molecular weight excluding hydrogens is 279 g/mol. The molecule has 0 amide bonds. The lowest BCUT2D eigenvalue weighted by Crippen LogP contribution is -2.67. The molecule has 3 aliphatic carbocycles. The van der Waals surface area contributed by atoms with Crippen LogP contribution in [0.4, 0.5) is 4.39 Å². The molecule has 114 valence electrons. The number of pyridine rings is 1. The van der Waals surface area contributed by atoms with Gasteiger partial charge in [-0.2, -0.15) is 0 Å². The first kappa shape index (κ1) is 13.7. The average molecular weight is 298 g/mol. The Bertz CT molecular complexity index is 890. The van der Waals surface area contributed by atoms with Crippen molar-refractivity contribution in [3.63, 3.8) is 0 Å². The van der Waals surface area contributed by atoms with E-state index in [1.54, 1.807) is 4.40 Å². The topological polar surface area (TPSA) is 34.4 Å². The molecule has 3 saturated carbocycles. The summed E-state index contributed by atoms with van der Waals surface area (Å²) in [6.45, 7) is 9.68. The molecule has 4 heteroatoms. The number of hydrogen-bond donors (Lipinski definition) is 0. The lowest BCUT2D eigenvalue weighted by molar-refractivity contribution is -0.160. The molecule has 5 rings (SSSR count). The van der Waals surface area contributed by atoms with Crippen LogP contribution in [0.2, 0.25) is 0 Å². The highest BCUT2D eigenvalue weighted by molar-refractivity contribution is 5.74. The van der Waals surface area contributed by atoms with Gasteiger partial charge in [0.15, 0.2) is 0 Å². The maximum Gasteiger partial charge on any atom is 0.261 e. The van der Waals surface area contributed by atoms with Gasteiger partial charge in [-0.3, -0.25) is 9.20 Å². The standard InChI is InChI=1S/C18H19FN2O/c1-10(2)13-5-11(3)6-21-15(13)20-14(12(4)16(21)22)17-7-18(19,8-17)9-17/h5-6H,1,7-9H2,2-4H3. The monoisotopic (exact) mass is 298 g/mol. The lowest BCUT2D eigenvalue weighted by Gasteiger charge is -2.65. The van der Waals surface area contributed by atoms with Crippen LogP contribution in [0, 0.1) is 13.8 Å². The minimum absolute atomic E-state index is 0.0520. The highest BCUT2D eigenvalue weighted by Crippen LogP contribution is 2.69. The summed E-state index contributed by atoms with van der Waals surface area (Å²) >= 11 is 0. The molecule has 0 spiro atoms. The minimum atomic E-state index is -0.996. The Morgan fingerprint density at radius 3 is 2.55 bits per heavy atom. The van der Waals surface area contributed by atoms with Gasteiger partial charge in [0.1, 0.15) is 11.3 Å². The maximum absolute atomic E-state index is 13.9. The molecule has 3 aliphatic rings. The summed E-state index contributed by atoms with van der Waals surface area (Å²) in [5.41, 5.74) is 3.59. The van der Waals surface area contributed by atoms with Crippen LogP contribution in [-0.4, -0.2) is 15.1 Å². The van der Waals surface area contributed by atoms with Gasteiger partial charge in [-0.1, -0.05) is 6.58 Å². The summed E-state index contributed by atoms with van der Waals surface area (Å²) in [4.78, 5) is 17.6. The Hall–Kier alpha value is -1.97. The van der Waals surface area contributed by atoms with Gasteiger partial charge >= 0.3 is 0 Å². The number of nitrogens with zero attached hydrogens (tertiary/aromatic N) is 2. The van der Waals surface area contributed by atoms with E-state index in [1.165, 1.54) is 0 Å². The Morgan fingerprint density at radius 1 is 1.36 bits per heavy atom. The van der Waals surface area contributed by atoms with E-state index in [-0.39, 0.29) is 11.0 Å². The summed E-state index contributed by atoms with van der Waals surface area (Å²) in [5.74, 6) is 0. The molecule has 3 nitrogen and oxygen atoms in total. The van der Waals surface area contributed by atoms with Crippen molar-refractivity contribution in [2.24, 2.45) is 0 Å². The first-order valence-corrected chi connectivity index (χ1v) is 7.64. The number of alkyl halides is 1. The van der Waals surface area contributed by atoms with Crippen molar-refractivity contribution in [3.8, 4) is 0 Å². The fourth-order valence-electron chi connectivity index (χ4n) is 4.21. The van der Waals surface area contributed by atoms with Crippen LogP contribution in [-0.2, 0) is 5.41 Å². The normalized spacial score (nSPS) is 29.1. The summed E-state index contributed by atoms with van der Waals surface area (Å²) in [6, 6.07) is 2.00. The van der Waals surface area contributed by atoms with E-state index >= 15 is 0 Å². The second-order valence-corrected chi connectivity index (χ2v) is 7.26. The van der Waals surface area contributed by atoms with Crippen LogP contribution in [0.15, 0.2) is 23.6 Å². The van der Waals surface area contributed by atoms with Gasteiger partial charge in [-0.15, -0.1) is 0 Å². The molecular formula is C18H19FN2O. The van der Waals surface area contributed by atoms with Crippen LogP contribution in [0.1, 0.15) is 48.6 Å². The number of allylic oxidation sites excluding steroid dienone is 1. The van der Waals surface area contributed by atoms with E-state index in [0.717, 1.165) is 22.4 Å². The molecule has 2 bridgehead atoms. The molecule has 22 heavy (non-hydrogen) atoms. The van der Waals surface area contributed by atoms with Gasteiger partial charge in [0.2, 0.25) is 0 Å². The largest absolute Gasteiger partial charge is 0.269 e. The van der Waals surface area contributed by atoms with Gasteiger partial charge in [0.25, 0.3) is 5.56 Å². The van der Waals surface area contributed by atoms with Crippen molar-refractivity contribution in [3.05, 3.63) is 51.6 Å². The smallest absolute Gasteiger partial charge is 0.261 e. The Morgan fingerprint density at radius 2 is 2.00 bits per heavy atom. The van der Waals surface area contributed by atoms with Crippen molar-refractivity contribution >= 4 is 11.2 Å². The first-order valence-electron chi connectivity index (χ1n) is 7.64. The molecule has 0 aliphatic heterocycles. The predicted molar refractivity (Wildman–Crippen MR) is 85.0 cm³/mol. The molecule has 0 saturated heterocycles. The number of halogens is 1. The van der Waals surface area contributed by atoms with Crippen molar-refractivity contribution in [2.45, 2.75) is 51.1 Å². The lowest BCUT2D eigenvalue weighted by atomic mass is 9.41. The van der Waals surface area contributed by atoms with Crippen molar-refractivity contribution in [1.29, 1.82) is 0 Å². The number of rotatable bonds is 2. The zero-order valence-corrected chi connectivity index (χ0v) is 13.2. The molecule has 2 heterocycles. The summed E-state index contributed by atoms with van der Waals surface area (Å²) in [6.07, 6.45) is 3.35. The second-order valence-electron chi connectivity index (χ2n) is 7.26. The van der Waals surface area contributed by atoms with E-state index < -0.39 is 5.67 Å². The van der Waals surface area contributed by atoms with Gasteiger partial charge in [-0.05, 0) is 57.2 Å². The molecule has 0 unspecified atom stereocenters. The number of aryl methyl sites for hydroxylation is 1. The summed E-state index contributed by atoms with van der Waals surface area (Å²) in [5, 5.41) is 0. The third kappa shape index (κ3) is 1.55. The highest BCUT2D eigenvalue weighted by atomic mass is 19.1. The van der Waals surface area contributed by atoms with E-state index in [1.807, 2.05) is 33.0 Å². The molecule has 0 radical (unpaired) electrons. The minimum Gasteiger partial charge on any atom is -0.269 e. The summed E-state index contributed by atoms with van der Waals surface area (Å²) in [7, 11) is 0. The Kier molecular flexibility index (Phi) is 2.40. The van der Waals surface area contributed by atoms with Crippen LogP contribution >= 0.6 is 0 Å². The molecule has 3 fully saturated rings. The quantitative estimate of drug-likeness (QED) is 0.850. The number of hydrogen-bond acceptors (Lipinski definition) is 2. The first-order chi connectivity index (χ1) is 10.2. The zero-order valence-electron chi connectivity index (χ0n) is 13.2. The fourth-order valence-corrected chi connectivity index (χ4v) is 4.21. The van der Waals surface area contributed by atoms with Gasteiger partial charge in [-0.25, -0.2) is 9.37 Å². The van der Waals surface area contributed by atoms with Crippen molar-refractivity contribution < 1.29 is 4.39 Å². The third-order valence-corrected chi connectivity index (χ3v) is 5.21. The van der Waals surface area contributed by atoms with Gasteiger partial charge in [0.05, 0.1) is 5.69 Å². The molecule has 0 N–H and O–H groups in total. The van der Waals surface area contributed by atoms with E-state index in [4.69, 9.17) is 4.98 Å². The molecule has 0 aromatic carbocycles. The Labute approximate surface area is 128 Å². The van der Waals surface area contributed by atoms with Crippen LogP contribution in [0.3, 0.4) is 0 Å². The van der Waals surface area contributed by atoms with Gasteiger partial charge in [0, 0.05) is 22.7 Å². The average Bonchev–Trinajstić information content (AvgIpc) is 2.38. The Balaban J connectivity index is 2.03. The van der Waals surface area contributed by atoms with Crippen LogP contribution in [0.5, 0.6) is 0 Å². The number of fused-ring (bicyclic) bond motifs is 1. The van der Waals surface area contributed by atoms with Crippen LogP contribution in [0.25, 0.3) is 11.2 Å². The van der Waals surface area contributed by atoms with E-state index in [2.05, 4.69) is 6.58 Å². The predicted octanol–water partition coefficient (Wildman–Crippen LogP) is 3.49. The maximum atomic E-state index is 13.9. The van der Waals surface area contributed by atoms with Crippen molar-refractivity contribution in [2.75, 3.05) is 0 Å². The van der Waals surface area contributed by atoms with E-state index in [9.17, 15) is 9.18 Å². The molecule has 2 aromatic rings. The van der Waals surface area contributed by atoms with E-state index in [0.29, 0.717) is 30.5 Å². The molecule has 0 atom stereocenters. The fraction of sp³-hybridized carbons (Fsp3) is 0.444. The molecule has 2 aromatic heterocycles. The highest BCUT2D eigenvalue weighted by Gasteiger charge is 2.70. The second kappa shape index (κ2) is 3.86. The van der Waals surface area contributed by atoms with Gasteiger partial charge < -0.3 is 0 Å². The third-order valence-electron chi connectivity index (χ3n) is 5.21. The van der Waals surface area contributed by atoms with Crippen molar-refractivity contribution in [1.82, 2.24) is 9.38 Å². The summed E-state index contributed by atoms with van der Waals surface area (Å²) < 4.78 is 15.5. The SMILES string of the molecule is C=C(C)c1cc(C)cn2c(=O)c(C)c(C34CC(F)(C3)C4)nc12. The zero-order chi connectivity index (χ0) is 15.9.